The van der Waals surface area contributed by atoms with E-state index in [-0.39, 0.29) is 6.01 Å². The van der Waals surface area contributed by atoms with Gasteiger partial charge in [-0.15, -0.1) is 5.10 Å². The molecule has 0 spiro atoms. The zero-order chi connectivity index (χ0) is 19.1. The molecule has 0 bridgehead atoms. The van der Waals surface area contributed by atoms with Gasteiger partial charge in [0.1, 0.15) is 10.9 Å². The number of amides is 2. The molecular weight excluding hydrogens is 368 g/mol. The SMILES string of the molecule is COc1nc(C(C)N2C(=O)c3ccccc3C2=O)n(-c2ncc(C#N)s2)n1. The minimum atomic E-state index is -0.719. The van der Waals surface area contributed by atoms with E-state index in [1.54, 1.807) is 31.2 Å². The highest BCUT2D eigenvalue weighted by Crippen LogP contribution is 2.32. The number of ether oxygens (including phenoxy) is 1. The molecule has 0 fully saturated rings. The topological polar surface area (TPSA) is 114 Å². The normalized spacial score (nSPS) is 14.2. The molecule has 0 aliphatic carbocycles. The van der Waals surface area contributed by atoms with Crippen LogP contribution in [0.2, 0.25) is 0 Å². The molecule has 0 saturated carbocycles. The Morgan fingerprint density at radius 1 is 1.22 bits per heavy atom. The Morgan fingerprint density at radius 2 is 1.89 bits per heavy atom. The number of nitrogens with zero attached hydrogens (tertiary/aromatic N) is 6. The van der Waals surface area contributed by atoms with Crippen molar-refractivity contribution in [3.8, 4) is 17.2 Å². The number of hydrogen-bond donors (Lipinski definition) is 0. The monoisotopic (exact) mass is 380 g/mol. The average molecular weight is 380 g/mol. The van der Waals surface area contributed by atoms with Crippen molar-refractivity contribution in [3.05, 3.63) is 52.3 Å². The number of aromatic nitrogens is 4. The highest BCUT2D eigenvalue weighted by atomic mass is 32.1. The van der Waals surface area contributed by atoms with E-state index in [4.69, 9.17) is 10.00 Å². The molecule has 0 saturated heterocycles. The predicted octanol–water partition coefficient (Wildman–Crippen LogP) is 1.96. The smallest absolute Gasteiger partial charge is 0.335 e. The molecule has 1 aromatic carbocycles. The van der Waals surface area contributed by atoms with E-state index >= 15 is 0 Å². The van der Waals surface area contributed by atoms with Crippen molar-refractivity contribution in [2.45, 2.75) is 13.0 Å². The molecule has 0 radical (unpaired) electrons. The summed E-state index contributed by atoms with van der Waals surface area (Å²) in [4.78, 5) is 35.5. The van der Waals surface area contributed by atoms with Crippen LogP contribution in [0.5, 0.6) is 6.01 Å². The molecule has 1 aliphatic rings. The van der Waals surface area contributed by atoms with Crippen molar-refractivity contribution in [3.63, 3.8) is 0 Å². The van der Waals surface area contributed by atoms with E-state index in [0.29, 0.717) is 27.0 Å². The third-order valence-electron chi connectivity index (χ3n) is 4.17. The number of imide groups is 1. The van der Waals surface area contributed by atoms with Crippen LogP contribution in [0.15, 0.2) is 30.5 Å². The van der Waals surface area contributed by atoms with Crippen LogP contribution in [-0.4, -0.2) is 43.6 Å². The maximum absolute atomic E-state index is 12.8. The molecule has 2 aromatic heterocycles. The highest BCUT2D eigenvalue weighted by Gasteiger charge is 2.40. The van der Waals surface area contributed by atoms with Gasteiger partial charge >= 0.3 is 6.01 Å². The van der Waals surface area contributed by atoms with Gasteiger partial charge in [0.2, 0.25) is 5.13 Å². The second kappa shape index (κ2) is 6.30. The second-order valence-corrected chi connectivity index (χ2v) is 6.70. The van der Waals surface area contributed by atoms with Crippen molar-refractivity contribution in [2.24, 2.45) is 0 Å². The maximum Gasteiger partial charge on any atom is 0.335 e. The van der Waals surface area contributed by atoms with Gasteiger partial charge in [-0.3, -0.25) is 14.5 Å². The lowest BCUT2D eigenvalue weighted by molar-refractivity contribution is 0.0587. The van der Waals surface area contributed by atoms with Crippen molar-refractivity contribution in [1.82, 2.24) is 24.6 Å². The zero-order valence-corrected chi connectivity index (χ0v) is 15.1. The Morgan fingerprint density at radius 3 is 2.44 bits per heavy atom. The first-order valence-corrected chi connectivity index (χ1v) is 8.71. The molecule has 9 nitrogen and oxygen atoms in total. The summed E-state index contributed by atoms with van der Waals surface area (Å²) in [7, 11) is 1.42. The summed E-state index contributed by atoms with van der Waals surface area (Å²) >= 11 is 1.12. The van der Waals surface area contributed by atoms with E-state index in [9.17, 15) is 9.59 Å². The molecule has 10 heteroatoms. The number of rotatable bonds is 4. The molecular formula is C17H12N6O3S. The standard InChI is InChI=1S/C17H12N6O3S/c1-9(22-14(24)11-5-3-4-6-12(11)15(22)25)13-20-16(26-2)21-23(13)17-19-8-10(7-18)27-17/h3-6,8-9H,1-2H3. The molecule has 3 aromatic rings. The molecule has 3 heterocycles. The number of carbonyl (C=O) groups excluding carboxylic acids is 2. The van der Waals surface area contributed by atoms with E-state index < -0.39 is 17.9 Å². The first-order chi connectivity index (χ1) is 13.0. The highest BCUT2D eigenvalue weighted by molar-refractivity contribution is 7.14. The summed E-state index contributed by atoms with van der Waals surface area (Å²) < 4.78 is 6.49. The van der Waals surface area contributed by atoms with Crippen LogP contribution in [-0.2, 0) is 0 Å². The number of methoxy groups -OCH3 is 1. The molecule has 1 atom stereocenters. The van der Waals surface area contributed by atoms with Crippen molar-refractivity contribution in [1.29, 1.82) is 5.26 Å². The third-order valence-corrected chi connectivity index (χ3v) is 5.04. The van der Waals surface area contributed by atoms with Crippen LogP contribution in [0.1, 0.15) is 44.4 Å². The minimum absolute atomic E-state index is 0.0715. The van der Waals surface area contributed by atoms with Gasteiger partial charge in [-0.25, -0.2) is 4.98 Å². The van der Waals surface area contributed by atoms with Crippen LogP contribution in [0.3, 0.4) is 0 Å². The maximum atomic E-state index is 12.8. The van der Waals surface area contributed by atoms with Gasteiger partial charge in [0.25, 0.3) is 11.8 Å². The molecule has 1 aliphatic heterocycles. The summed E-state index contributed by atoms with van der Waals surface area (Å²) in [6, 6.07) is 8.02. The van der Waals surface area contributed by atoms with E-state index in [0.717, 1.165) is 16.2 Å². The predicted molar refractivity (Wildman–Crippen MR) is 93.7 cm³/mol. The van der Waals surface area contributed by atoms with Gasteiger partial charge in [0.15, 0.2) is 5.82 Å². The number of hydrogen-bond acceptors (Lipinski definition) is 8. The lowest BCUT2D eigenvalue weighted by atomic mass is 10.1. The second-order valence-electron chi connectivity index (χ2n) is 5.69. The quantitative estimate of drug-likeness (QED) is 0.636. The number of nitriles is 1. The molecule has 4 rings (SSSR count). The Bertz CT molecular complexity index is 1080. The molecule has 2 amide bonds. The molecule has 0 N–H and O–H groups in total. The fraction of sp³-hybridized carbons (Fsp3) is 0.176. The number of fused-ring (bicyclic) bond motifs is 1. The number of carbonyl (C=O) groups is 2. The summed E-state index contributed by atoms with van der Waals surface area (Å²) in [5.41, 5.74) is 0.710. The summed E-state index contributed by atoms with van der Waals surface area (Å²) in [6.07, 6.45) is 1.42. The average Bonchev–Trinajstić information content (AvgIpc) is 3.39. The first kappa shape index (κ1) is 16.9. The Hall–Kier alpha value is -3.58. The third kappa shape index (κ3) is 2.56. The first-order valence-electron chi connectivity index (χ1n) is 7.89. The Kier molecular flexibility index (Phi) is 3.93. The fourth-order valence-corrected chi connectivity index (χ4v) is 3.57. The Balaban J connectivity index is 1.78. The van der Waals surface area contributed by atoms with Crippen molar-refractivity contribution >= 4 is 23.2 Å². The number of benzene rings is 1. The van der Waals surface area contributed by atoms with Crippen LogP contribution in [0, 0.1) is 11.3 Å². The van der Waals surface area contributed by atoms with Crippen LogP contribution >= 0.6 is 11.3 Å². The molecule has 27 heavy (non-hydrogen) atoms. The summed E-state index contributed by atoms with van der Waals surface area (Å²) in [5.74, 6) is -0.484. The fourth-order valence-electron chi connectivity index (χ4n) is 2.89. The van der Waals surface area contributed by atoms with E-state index in [1.807, 2.05) is 6.07 Å². The summed E-state index contributed by atoms with van der Waals surface area (Å²) in [6.45, 7) is 1.68. The van der Waals surface area contributed by atoms with Crippen LogP contribution < -0.4 is 4.74 Å². The molecule has 134 valence electrons. The lowest BCUT2D eigenvalue weighted by Gasteiger charge is -2.21. The van der Waals surface area contributed by atoms with Gasteiger partial charge in [0, 0.05) is 0 Å². The van der Waals surface area contributed by atoms with Crippen LogP contribution in [0.25, 0.3) is 5.13 Å². The van der Waals surface area contributed by atoms with Crippen LogP contribution in [0.4, 0.5) is 0 Å². The van der Waals surface area contributed by atoms with E-state index in [1.165, 1.54) is 18.0 Å². The molecule has 1 unspecified atom stereocenters. The zero-order valence-electron chi connectivity index (χ0n) is 14.3. The van der Waals surface area contributed by atoms with Crippen molar-refractivity contribution in [2.75, 3.05) is 7.11 Å². The van der Waals surface area contributed by atoms with Gasteiger partial charge in [-0.05, 0) is 19.1 Å². The number of thiazole rings is 1. The largest absolute Gasteiger partial charge is 0.466 e. The van der Waals surface area contributed by atoms with Crippen molar-refractivity contribution < 1.29 is 14.3 Å². The minimum Gasteiger partial charge on any atom is -0.466 e. The van der Waals surface area contributed by atoms with Gasteiger partial charge in [-0.1, -0.05) is 23.5 Å². The lowest BCUT2D eigenvalue weighted by Crippen LogP contribution is -2.34. The van der Waals surface area contributed by atoms with Gasteiger partial charge < -0.3 is 4.74 Å². The van der Waals surface area contributed by atoms with Gasteiger partial charge in [-0.2, -0.15) is 14.9 Å². The van der Waals surface area contributed by atoms with E-state index in [2.05, 4.69) is 15.1 Å². The van der Waals surface area contributed by atoms with Gasteiger partial charge in [0.05, 0.1) is 30.5 Å². The summed E-state index contributed by atoms with van der Waals surface area (Å²) in [5, 5.41) is 13.6. The Labute approximate surface area is 157 Å².